The molecule has 0 bridgehead atoms. The van der Waals surface area contributed by atoms with Crippen LogP contribution in [0.5, 0.6) is 11.5 Å². The predicted octanol–water partition coefficient (Wildman–Crippen LogP) is 6.71. The second-order valence-corrected chi connectivity index (χ2v) is 13.3. The van der Waals surface area contributed by atoms with E-state index in [9.17, 15) is 10.2 Å². The van der Waals surface area contributed by atoms with Crippen LogP contribution in [-0.4, -0.2) is 74.5 Å². The largest absolute Gasteiger partial charge is 0.494 e. The van der Waals surface area contributed by atoms with Gasteiger partial charge in [0, 0.05) is 24.9 Å². The molecule has 2 N–H and O–H groups in total. The van der Waals surface area contributed by atoms with Crippen LogP contribution in [0.15, 0.2) is 61.2 Å². The Bertz CT molecular complexity index is 1140. The summed E-state index contributed by atoms with van der Waals surface area (Å²) in [6.07, 6.45) is 8.42. The van der Waals surface area contributed by atoms with E-state index in [4.69, 9.17) is 9.47 Å². The minimum Gasteiger partial charge on any atom is -0.494 e. The molecule has 0 aliphatic heterocycles. The summed E-state index contributed by atoms with van der Waals surface area (Å²) in [5.74, 6) is 2.69. The fourth-order valence-electron chi connectivity index (χ4n) is 7.40. The fourth-order valence-corrected chi connectivity index (χ4v) is 7.40. The quantitative estimate of drug-likeness (QED) is 0.282. The Morgan fingerprint density at radius 1 is 0.767 bits per heavy atom. The van der Waals surface area contributed by atoms with Gasteiger partial charge in [0.15, 0.2) is 0 Å². The second kappa shape index (κ2) is 16.1. The van der Waals surface area contributed by atoms with Gasteiger partial charge in [-0.2, -0.15) is 0 Å². The number of ether oxygens (including phenoxy) is 2. The third-order valence-corrected chi connectivity index (χ3v) is 9.57. The maximum atomic E-state index is 11.6. The summed E-state index contributed by atoms with van der Waals surface area (Å²) in [5, 5.41) is 23.1. The summed E-state index contributed by atoms with van der Waals surface area (Å²) in [4.78, 5) is 4.35. The van der Waals surface area contributed by atoms with Crippen LogP contribution in [0.1, 0.15) is 70.4 Å². The van der Waals surface area contributed by atoms with Gasteiger partial charge in [0.25, 0.3) is 0 Å². The van der Waals surface area contributed by atoms with Crippen LogP contribution in [0.3, 0.4) is 0 Å². The number of nitrogens with zero attached hydrogens (tertiary/aromatic N) is 2. The Morgan fingerprint density at radius 3 is 1.60 bits per heavy atom. The minimum atomic E-state index is -0.782. The van der Waals surface area contributed by atoms with E-state index >= 15 is 0 Å². The molecule has 6 nitrogen and oxygen atoms in total. The summed E-state index contributed by atoms with van der Waals surface area (Å²) in [5.41, 5.74) is 0.451. The molecule has 43 heavy (non-hydrogen) atoms. The molecule has 0 spiro atoms. The number of hydrogen-bond acceptors (Lipinski definition) is 6. The monoisotopic (exact) mass is 594 g/mol. The Labute approximate surface area is 261 Å². The molecule has 0 aromatic heterocycles. The fraction of sp³-hybridized carbons (Fsp3) is 0.622. The van der Waals surface area contributed by atoms with E-state index in [0.29, 0.717) is 13.2 Å². The van der Waals surface area contributed by atoms with Gasteiger partial charge in [0.05, 0.1) is 17.8 Å². The summed E-state index contributed by atoms with van der Waals surface area (Å²) in [7, 11) is 8.30. The molecule has 0 heterocycles. The summed E-state index contributed by atoms with van der Waals surface area (Å²) in [6, 6.07) is 16.0. The highest BCUT2D eigenvalue weighted by Gasteiger charge is 2.46. The lowest BCUT2D eigenvalue weighted by atomic mass is 9.65. The molecule has 6 atom stereocenters. The molecule has 240 valence electrons. The molecule has 2 aliphatic rings. The van der Waals surface area contributed by atoms with Gasteiger partial charge in [-0.25, -0.2) is 0 Å². The van der Waals surface area contributed by atoms with Crippen molar-refractivity contribution in [3.8, 4) is 11.5 Å². The molecule has 6 heteroatoms. The van der Waals surface area contributed by atoms with Crippen LogP contribution >= 0.6 is 0 Å². The van der Waals surface area contributed by atoms with E-state index in [0.717, 1.165) is 61.4 Å². The summed E-state index contributed by atoms with van der Waals surface area (Å²) in [6.45, 7) is 13.0. The van der Waals surface area contributed by atoms with Crippen molar-refractivity contribution >= 4 is 0 Å². The zero-order valence-electron chi connectivity index (χ0n) is 27.9. The highest BCUT2D eigenvalue weighted by atomic mass is 16.5. The zero-order chi connectivity index (χ0) is 31.6. The molecule has 0 saturated heterocycles. The molecule has 0 amide bonds. The van der Waals surface area contributed by atoms with Crippen LogP contribution in [0.4, 0.5) is 0 Å². The van der Waals surface area contributed by atoms with E-state index in [1.807, 2.05) is 55.5 Å². The van der Waals surface area contributed by atoms with Crippen LogP contribution < -0.4 is 9.47 Å². The van der Waals surface area contributed by atoms with Crippen LogP contribution in [0.2, 0.25) is 0 Å². The van der Waals surface area contributed by atoms with Crippen molar-refractivity contribution in [3.63, 3.8) is 0 Å². The van der Waals surface area contributed by atoms with Crippen LogP contribution in [0, 0.1) is 23.7 Å². The minimum absolute atomic E-state index is 0.251. The highest BCUT2D eigenvalue weighted by molar-refractivity contribution is 5.35. The Kier molecular flexibility index (Phi) is 13.1. The van der Waals surface area contributed by atoms with E-state index < -0.39 is 11.2 Å². The molecule has 4 rings (SSSR count). The molecule has 6 unspecified atom stereocenters. The topological polar surface area (TPSA) is 65.4 Å². The SMILES string of the molecule is C=CCOc1cccc(C2(O)C(C)CCCC2CN(C)C)c1.CCOc1cccc(C2(O)C(C)CCCC2CN(C)C)c1. The molecular formula is C37H58N2O4. The van der Waals surface area contributed by atoms with Crippen molar-refractivity contribution in [2.24, 2.45) is 23.7 Å². The lowest BCUT2D eigenvalue weighted by molar-refractivity contribution is -0.102. The first-order valence-corrected chi connectivity index (χ1v) is 16.3. The summed E-state index contributed by atoms with van der Waals surface area (Å²) >= 11 is 0. The van der Waals surface area contributed by atoms with Gasteiger partial charge in [-0.15, -0.1) is 0 Å². The van der Waals surface area contributed by atoms with Gasteiger partial charge < -0.3 is 29.5 Å². The van der Waals surface area contributed by atoms with E-state index in [-0.39, 0.29) is 23.7 Å². The second-order valence-electron chi connectivity index (χ2n) is 13.3. The van der Waals surface area contributed by atoms with Crippen molar-refractivity contribution < 1.29 is 19.7 Å². The predicted molar refractivity (Wildman–Crippen MR) is 178 cm³/mol. The number of aliphatic hydroxyl groups is 2. The van der Waals surface area contributed by atoms with Crippen molar-refractivity contribution in [1.29, 1.82) is 0 Å². The first-order chi connectivity index (χ1) is 20.5. The van der Waals surface area contributed by atoms with Gasteiger partial charge in [0.1, 0.15) is 18.1 Å². The highest BCUT2D eigenvalue weighted by Crippen LogP contribution is 2.47. The van der Waals surface area contributed by atoms with Crippen molar-refractivity contribution in [3.05, 3.63) is 72.3 Å². The first-order valence-electron chi connectivity index (χ1n) is 16.3. The molecule has 0 radical (unpaired) electrons. The third-order valence-electron chi connectivity index (χ3n) is 9.57. The van der Waals surface area contributed by atoms with Gasteiger partial charge in [-0.3, -0.25) is 0 Å². The molecule has 2 aromatic carbocycles. The van der Waals surface area contributed by atoms with Gasteiger partial charge in [0.2, 0.25) is 0 Å². The standard InChI is InChI=1S/C19H29NO2.C18H29NO2/c1-5-12-22-18-11-7-9-16(13-18)19(21)15(2)8-6-10-17(19)14-20(3)4;1-5-21-17-11-7-9-15(12-17)18(20)14(2)8-6-10-16(18)13-19(3)4/h5,7,9,11,13,15,17,21H,1,6,8,10,12,14H2,2-4H3;7,9,11-12,14,16,20H,5-6,8,10,13H2,1-4H3. The lowest BCUT2D eigenvalue weighted by Crippen LogP contribution is -2.47. The van der Waals surface area contributed by atoms with Crippen molar-refractivity contribution in [1.82, 2.24) is 9.80 Å². The Morgan fingerprint density at radius 2 is 1.21 bits per heavy atom. The lowest BCUT2D eigenvalue weighted by Gasteiger charge is -2.46. The average Bonchev–Trinajstić information content (AvgIpc) is 2.97. The number of rotatable bonds is 11. The molecule has 2 aliphatic carbocycles. The third kappa shape index (κ3) is 8.63. The molecular weight excluding hydrogens is 536 g/mol. The average molecular weight is 595 g/mol. The van der Waals surface area contributed by atoms with E-state index in [1.165, 1.54) is 12.8 Å². The number of benzene rings is 2. The van der Waals surface area contributed by atoms with Gasteiger partial charge >= 0.3 is 0 Å². The molecule has 2 aromatic rings. The maximum Gasteiger partial charge on any atom is 0.120 e. The normalized spacial score (nSPS) is 29.1. The maximum absolute atomic E-state index is 11.6. The van der Waals surface area contributed by atoms with Crippen LogP contribution in [-0.2, 0) is 11.2 Å². The molecule has 2 saturated carbocycles. The van der Waals surface area contributed by atoms with Crippen molar-refractivity contribution in [2.45, 2.75) is 70.5 Å². The van der Waals surface area contributed by atoms with E-state index in [2.05, 4.69) is 58.4 Å². The first kappa shape index (κ1) is 35.1. The van der Waals surface area contributed by atoms with E-state index in [1.54, 1.807) is 6.08 Å². The van der Waals surface area contributed by atoms with Gasteiger partial charge in [-0.05, 0) is 108 Å². The zero-order valence-corrected chi connectivity index (χ0v) is 27.9. The van der Waals surface area contributed by atoms with Crippen molar-refractivity contribution in [2.75, 3.05) is 54.5 Å². The molecule has 2 fully saturated rings. The smallest absolute Gasteiger partial charge is 0.120 e. The Hall–Kier alpha value is -2.38. The van der Waals surface area contributed by atoms with Crippen LogP contribution in [0.25, 0.3) is 0 Å². The van der Waals surface area contributed by atoms with Gasteiger partial charge in [-0.1, -0.05) is 63.6 Å². The summed E-state index contributed by atoms with van der Waals surface area (Å²) < 4.78 is 11.3. The Balaban J connectivity index is 0.000000236. The number of hydrogen-bond donors (Lipinski definition) is 2.